The molecule has 2 saturated heterocycles. The molecule has 462 valence electrons. The summed E-state index contributed by atoms with van der Waals surface area (Å²) in [4.78, 5) is 26.0. The molecule has 0 radical (unpaired) electrons. The summed E-state index contributed by atoms with van der Waals surface area (Å²) in [5.74, 6) is 0.779. The number of aliphatic hydroxyl groups excluding tert-OH is 2. The van der Waals surface area contributed by atoms with E-state index in [2.05, 4.69) is 148 Å². The largest absolute Gasteiger partial charge is 0.507 e. The summed E-state index contributed by atoms with van der Waals surface area (Å²) >= 11 is 0. The summed E-state index contributed by atoms with van der Waals surface area (Å²) < 4.78 is 36.3. The summed E-state index contributed by atoms with van der Waals surface area (Å²) in [5.41, 5.74) is 8.41. The van der Waals surface area contributed by atoms with Gasteiger partial charge in [-0.15, -0.1) is 0 Å². The molecule has 0 bridgehead atoms. The Morgan fingerprint density at radius 3 is 1.95 bits per heavy atom. The van der Waals surface area contributed by atoms with Gasteiger partial charge in [0.2, 0.25) is 5.69 Å². The summed E-state index contributed by atoms with van der Waals surface area (Å²) in [5, 5.41) is 62.0. The molecular formula is C72H83N4O12+. The van der Waals surface area contributed by atoms with E-state index in [1.54, 1.807) is 6.07 Å². The number of fused-ring (bicyclic) bond motifs is 6. The van der Waals surface area contributed by atoms with E-state index in [4.69, 9.17) is 23.7 Å². The van der Waals surface area contributed by atoms with Crippen molar-refractivity contribution < 1.29 is 53.4 Å². The maximum absolute atomic E-state index is 12.8. The summed E-state index contributed by atoms with van der Waals surface area (Å²) in [7, 11) is 4.25. The van der Waals surface area contributed by atoms with Crippen molar-refractivity contribution in [3.05, 3.63) is 199 Å². The highest BCUT2D eigenvalue weighted by molar-refractivity contribution is 6.07. The van der Waals surface area contributed by atoms with Gasteiger partial charge in [0.25, 0.3) is 11.4 Å². The Labute approximate surface area is 515 Å². The molecule has 0 aromatic heterocycles. The molecule has 0 saturated carbocycles. The Morgan fingerprint density at radius 1 is 0.693 bits per heavy atom. The van der Waals surface area contributed by atoms with Gasteiger partial charge in [-0.2, -0.15) is 4.58 Å². The van der Waals surface area contributed by atoms with E-state index < -0.39 is 52.9 Å². The quantitative estimate of drug-likeness (QED) is 0.0371. The Balaban J connectivity index is 0.953. The maximum atomic E-state index is 12.8. The van der Waals surface area contributed by atoms with Crippen molar-refractivity contribution >= 4 is 50.0 Å². The van der Waals surface area contributed by atoms with Crippen LogP contribution in [0.3, 0.4) is 0 Å². The molecule has 3 N–H and O–H groups in total. The number of aromatic hydroxyl groups is 1. The number of phenols is 1. The summed E-state index contributed by atoms with van der Waals surface area (Å²) in [6.07, 6.45) is 10.9. The lowest BCUT2D eigenvalue weighted by molar-refractivity contribution is -0.401. The van der Waals surface area contributed by atoms with Crippen LogP contribution in [-0.4, -0.2) is 86.2 Å². The number of nitrogens with zero attached hydrogens (tertiary/aromatic N) is 4. The van der Waals surface area contributed by atoms with E-state index in [1.807, 2.05) is 13.8 Å². The van der Waals surface area contributed by atoms with Crippen LogP contribution < -0.4 is 9.64 Å². The lowest BCUT2D eigenvalue weighted by Gasteiger charge is -2.39. The second-order valence-corrected chi connectivity index (χ2v) is 25.5. The van der Waals surface area contributed by atoms with Crippen LogP contribution >= 0.6 is 0 Å². The third kappa shape index (κ3) is 12.6. The zero-order chi connectivity index (χ0) is 62.2. The highest BCUT2D eigenvalue weighted by Gasteiger charge is 2.45. The first-order chi connectivity index (χ1) is 42.2. The van der Waals surface area contributed by atoms with Gasteiger partial charge in [-0.1, -0.05) is 88.4 Å². The topological polar surface area (TPSA) is 199 Å². The Kier molecular flexibility index (Phi) is 18.2. The first-order valence-corrected chi connectivity index (χ1v) is 31.4. The fraction of sp³-hybridized carbons (Fsp3) is 0.431. The number of anilines is 1. The Hall–Kier alpha value is -7.57. The lowest BCUT2D eigenvalue weighted by atomic mass is 9.78. The van der Waals surface area contributed by atoms with E-state index in [-0.39, 0.29) is 39.6 Å². The summed E-state index contributed by atoms with van der Waals surface area (Å²) in [6, 6.07) is 34.2. The average Bonchev–Trinajstić information content (AvgIpc) is 1.63. The minimum absolute atomic E-state index is 0.148. The van der Waals surface area contributed by atoms with Gasteiger partial charge in [-0.3, -0.25) is 20.2 Å². The number of phenolic OH excluding ortho intramolecular Hbond substituents is 1. The Morgan fingerprint density at radius 2 is 1.28 bits per heavy atom. The highest BCUT2D eigenvalue weighted by Crippen LogP contribution is 2.51. The molecule has 6 aromatic rings. The number of aliphatic hydroxyl groups is 2. The molecule has 8 unspecified atom stereocenters. The maximum Gasteiger partial charge on any atom is 0.270 e. The molecule has 11 rings (SSSR count). The average molecular weight is 1200 g/mol. The molecule has 8 atom stereocenters. The number of non-ortho nitro benzene ring substituents is 2. The van der Waals surface area contributed by atoms with Crippen molar-refractivity contribution in [2.45, 2.75) is 185 Å². The number of allylic oxidation sites excluding steroid dienone is 7. The number of hydrogen-bond acceptors (Lipinski definition) is 13. The van der Waals surface area contributed by atoms with E-state index >= 15 is 0 Å². The number of nitro benzene ring substituents is 2. The van der Waals surface area contributed by atoms with Crippen LogP contribution in [0.4, 0.5) is 22.7 Å². The number of ether oxygens (including phenoxy) is 5. The summed E-state index contributed by atoms with van der Waals surface area (Å²) in [6.45, 7) is 12.9. The van der Waals surface area contributed by atoms with Crippen LogP contribution in [0.25, 0.3) is 21.5 Å². The van der Waals surface area contributed by atoms with Crippen molar-refractivity contribution in [2.24, 2.45) is 0 Å². The standard InChI is InChI=1S/C72H82N4O12/c1-9-50(77)21-16-22-52-42-53(85-69(84-52)58-39-48(75(80)81)29-35-62(58)79)31-32-54-43-55(41-51(78)10-2)87-70(86-54)59-40-49(76(82)83)30-36-63(59)88-68-46(27-37-64-71(3,4)66-56-23-13-11-17-44(56)25-33-60(66)73(64)7)19-15-20-47(68)28-38-65-72(5,6)67-57-24-14-12-18-45(57)26-34-61(67)74(65)8/h11-14,17-18,23-30,33-40,50-55,69-70,77-78H,9-10,15-16,19-22,31-32,41-43H2,1-8H3/p+1. The molecule has 0 spiro atoms. The van der Waals surface area contributed by atoms with Gasteiger partial charge in [0.1, 0.15) is 24.3 Å². The van der Waals surface area contributed by atoms with E-state index in [0.717, 1.165) is 40.4 Å². The SMILES string of the molecule is CCC(O)CCCC1CC(CCC2CC(CC(O)CC)OC(c3cc([N+](=O)[O-])ccc3OC3=C(/C=C/C4=[N+](C)c5ccc6ccccc6c5C4(C)C)CCC/C3=C\C=C3\N(C)c4ccc5ccccc5c4C3(C)C)O2)OC(c2cc([N+](=O)[O-])ccc2O)O1. The first-order valence-electron chi connectivity index (χ1n) is 31.4. The Bertz CT molecular complexity index is 3800. The molecule has 1 aliphatic carbocycles. The second kappa shape index (κ2) is 25.9. The molecule has 5 aliphatic rings. The van der Waals surface area contributed by atoms with Crippen molar-refractivity contribution in [3.63, 3.8) is 0 Å². The molecule has 4 heterocycles. The molecule has 0 amide bonds. The molecule has 16 nitrogen and oxygen atoms in total. The van der Waals surface area contributed by atoms with Crippen molar-refractivity contribution in [1.82, 2.24) is 0 Å². The molecule has 4 aliphatic heterocycles. The highest BCUT2D eigenvalue weighted by atomic mass is 16.7. The minimum atomic E-state index is -1.15. The molecule has 16 heteroatoms. The lowest BCUT2D eigenvalue weighted by Crippen LogP contribution is -2.38. The molecule has 2 fully saturated rings. The minimum Gasteiger partial charge on any atom is -0.507 e. The predicted molar refractivity (Wildman–Crippen MR) is 342 cm³/mol. The fourth-order valence-corrected chi connectivity index (χ4v) is 14.2. The van der Waals surface area contributed by atoms with Gasteiger partial charge in [-0.05, 0) is 159 Å². The van der Waals surface area contributed by atoms with Crippen molar-refractivity contribution in [1.29, 1.82) is 0 Å². The second-order valence-electron chi connectivity index (χ2n) is 25.5. The van der Waals surface area contributed by atoms with Crippen LogP contribution in [-0.2, 0) is 29.8 Å². The molecule has 88 heavy (non-hydrogen) atoms. The van der Waals surface area contributed by atoms with E-state index in [9.17, 15) is 35.5 Å². The number of nitro groups is 2. The van der Waals surface area contributed by atoms with Crippen molar-refractivity contribution in [2.75, 3.05) is 19.0 Å². The first kappa shape index (κ1) is 62.1. The molecule has 6 aromatic carbocycles. The van der Waals surface area contributed by atoms with Crippen LogP contribution in [0.2, 0.25) is 0 Å². The van der Waals surface area contributed by atoms with Gasteiger partial charge in [0, 0.05) is 78.7 Å². The van der Waals surface area contributed by atoms with Gasteiger partial charge >= 0.3 is 0 Å². The van der Waals surface area contributed by atoms with Gasteiger partial charge in [-0.25, -0.2) is 0 Å². The van der Waals surface area contributed by atoms with Crippen LogP contribution in [0.15, 0.2) is 156 Å². The number of rotatable bonds is 20. The fourth-order valence-electron chi connectivity index (χ4n) is 14.2. The van der Waals surface area contributed by atoms with Gasteiger partial charge in [0.05, 0.1) is 63.0 Å². The van der Waals surface area contributed by atoms with Crippen LogP contribution in [0.5, 0.6) is 11.5 Å². The van der Waals surface area contributed by atoms with E-state index in [1.165, 1.54) is 63.0 Å². The van der Waals surface area contributed by atoms with Crippen LogP contribution in [0.1, 0.15) is 160 Å². The van der Waals surface area contributed by atoms with E-state index in [0.29, 0.717) is 94.1 Å². The van der Waals surface area contributed by atoms with Gasteiger partial charge < -0.3 is 43.9 Å². The predicted octanol–water partition coefficient (Wildman–Crippen LogP) is 15.8. The normalized spacial score (nSPS) is 24.2. The molecular weight excluding hydrogens is 1110 g/mol. The monoisotopic (exact) mass is 1200 g/mol. The zero-order valence-electron chi connectivity index (χ0n) is 51.8. The smallest absolute Gasteiger partial charge is 0.270 e. The third-order valence-electron chi connectivity index (χ3n) is 19.0. The number of likely N-dealkylation sites (N-methyl/N-ethyl adjacent to an activating group) is 1. The van der Waals surface area contributed by atoms with Crippen LogP contribution in [0, 0.1) is 20.2 Å². The number of benzene rings is 6. The van der Waals surface area contributed by atoms with Crippen molar-refractivity contribution in [3.8, 4) is 11.5 Å². The number of hydrogen-bond donors (Lipinski definition) is 3. The zero-order valence-corrected chi connectivity index (χ0v) is 51.8. The van der Waals surface area contributed by atoms with Gasteiger partial charge in [0.15, 0.2) is 18.3 Å². The third-order valence-corrected chi connectivity index (χ3v) is 19.0.